The Labute approximate surface area is 230 Å². The van der Waals surface area contributed by atoms with Gasteiger partial charge in [-0.05, 0) is 54.7 Å². The van der Waals surface area contributed by atoms with Crippen molar-refractivity contribution in [2.45, 2.75) is 89.7 Å². The van der Waals surface area contributed by atoms with Crippen molar-refractivity contribution >= 4 is 18.1 Å². The number of aliphatic carboxylic acids is 1. The summed E-state index contributed by atoms with van der Waals surface area (Å²) in [5.74, 6) is -6.94. The highest BCUT2D eigenvalue weighted by Crippen LogP contribution is 2.67. The molecule has 3 aliphatic carbocycles. The molecule has 0 saturated heterocycles. The number of esters is 1. The van der Waals surface area contributed by atoms with E-state index in [1.54, 1.807) is 0 Å². The van der Waals surface area contributed by atoms with E-state index in [0.717, 1.165) is 25.0 Å². The quantitative estimate of drug-likeness (QED) is 0.325. The fourth-order valence-electron chi connectivity index (χ4n) is 6.44. The summed E-state index contributed by atoms with van der Waals surface area (Å²) in [6.07, 6.45) is -1.72. The molecule has 9 nitrogen and oxygen atoms in total. The van der Waals surface area contributed by atoms with Crippen LogP contribution in [0.2, 0.25) is 0 Å². The summed E-state index contributed by atoms with van der Waals surface area (Å²) in [5, 5.41) is 9.43. The van der Waals surface area contributed by atoms with Gasteiger partial charge in [0.15, 0.2) is 11.6 Å². The second-order valence-corrected chi connectivity index (χ2v) is 11.7. The Morgan fingerprint density at radius 3 is 2.42 bits per heavy atom. The van der Waals surface area contributed by atoms with Crippen LogP contribution in [0.25, 0.3) is 0 Å². The Balaban J connectivity index is 1.42. The van der Waals surface area contributed by atoms with Gasteiger partial charge in [-0.25, -0.2) is 27.6 Å². The van der Waals surface area contributed by atoms with Gasteiger partial charge in [0.1, 0.15) is 11.6 Å². The highest BCUT2D eigenvalue weighted by molar-refractivity contribution is 5.91. The van der Waals surface area contributed by atoms with Crippen LogP contribution in [0, 0.1) is 41.2 Å². The molecule has 3 saturated carbocycles. The third-order valence-electron chi connectivity index (χ3n) is 8.66. The van der Waals surface area contributed by atoms with Gasteiger partial charge < -0.3 is 29.8 Å². The maximum absolute atomic E-state index is 15.2. The molecule has 1 aromatic rings. The van der Waals surface area contributed by atoms with E-state index in [0.29, 0.717) is 12.3 Å². The monoisotopic (exact) mass is 571 g/mol. The van der Waals surface area contributed by atoms with Gasteiger partial charge in [-0.1, -0.05) is 33.3 Å². The molecule has 1 aromatic carbocycles. The Hall–Kier alpha value is -2.86. The first-order valence-corrected chi connectivity index (χ1v) is 13.5. The average molecular weight is 572 g/mol. The van der Waals surface area contributed by atoms with E-state index in [-0.39, 0.29) is 36.5 Å². The van der Waals surface area contributed by atoms with Crippen molar-refractivity contribution in [2.24, 2.45) is 35.3 Å². The first-order valence-electron chi connectivity index (χ1n) is 13.5. The molecule has 0 heterocycles. The lowest BCUT2D eigenvalue weighted by molar-refractivity contribution is -0.184. The smallest absolute Gasteiger partial charge is 0.479 e. The zero-order valence-electron chi connectivity index (χ0n) is 22.9. The second kappa shape index (κ2) is 11.2. The van der Waals surface area contributed by atoms with Gasteiger partial charge in [-0.2, -0.15) is 0 Å². The molecule has 0 bridgehead atoms. The molecule has 0 amide bonds. The average Bonchev–Trinajstić information content (AvgIpc) is 3.34. The van der Waals surface area contributed by atoms with Gasteiger partial charge in [-0.15, -0.1) is 0 Å². The van der Waals surface area contributed by atoms with Crippen molar-refractivity contribution in [3.05, 3.63) is 35.4 Å². The van der Waals surface area contributed by atoms with Gasteiger partial charge in [-0.3, -0.25) is 0 Å². The summed E-state index contributed by atoms with van der Waals surface area (Å²) in [4.78, 5) is 37.4. The minimum Gasteiger partial charge on any atom is -0.479 e. The van der Waals surface area contributed by atoms with E-state index in [2.05, 4.69) is 6.92 Å². The van der Waals surface area contributed by atoms with Crippen molar-refractivity contribution in [1.29, 1.82) is 0 Å². The number of hydrogen-bond acceptors (Lipinski definition) is 8. The topological polar surface area (TPSA) is 134 Å². The predicted octanol–water partition coefficient (Wildman–Crippen LogP) is 4.49. The highest BCUT2D eigenvalue weighted by Gasteiger charge is 2.85. The molecule has 3 aliphatic rings. The Morgan fingerprint density at radius 1 is 1.10 bits per heavy atom. The first kappa shape index (κ1) is 30.1. The lowest BCUT2D eigenvalue weighted by atomic mass is 9.75. The van der Waals surface area contributed by atoms with Crippen LogP contribution in [0.1, 0.15) is 58.9 Å². The minimum atomic E-state index is -2.76. The van der Waals surface area contributed by atoms with Crippen LogP contribution in [-0.4, -0.2) is 52.9 Å². The van der Waals surface area contributed by atoms with Crippen molar-refractivity contribution in [3.8, 4) is 0 Å². The number of carbonyl (C=O) groups is 3. The van der Waals surface area contributed by atoms with Crippen LogP contribution in [0.5, 0.6) is 0 Å². The molecule has 4 rings (SSSR count). The summed E-state index contributed by atoms with van der Waals surface area (Å²) in [6, 6.07) is 3.06. The van der Waals surface area contributed by atoms with E-state index in [9.17, 15) is 28.3 Å². The molecule has 1 unspecified atom stereocenters. The van der Waals surface area contributed by atoms with Gasteiger partial charge in [0.05, 0.1) is 12.7 Å². The third kappa shape index (κ3) is 5.52. The minimum absolute atomic E-state index is 0.153. The molecule has 40 heavy (non-hydrogen) atoms. The normalized spacial score (nSPS) is 35.5. The largest absolute Gasteiger partial charge is 0.511 e. The number of carbonyl (C=O) groups excluding carboxylic acids is 2. The summed E-state index contributed by atoms with van der Waals surface area (Å²) < 4.78 is 63.7. The molecular weight excluding hydrogens is 535 g/mol. The van der Waals surface area contributed by atoms with Crippen molar-refractivity contribution in [3.63, 3.8) is 0 Å². The molecule has 222 valence electrons. The van der Waals surface area contributed by atoms with Gasteiger partial charge >= 0.3 is 18.1 Å². The number of carboxylic acids is 1. The maximum atomic E-state index is 15.2. The van der Waals surface area contributed by atoms with E-state index in [1.807, 2.05) is 13.8 Å². The third-order valence-corrected chi connectivity index (χ3v) is 8.66. The van der Waals surface area contributed by atoms with E-state index >= 15 is 4.39 Å². The predicted molar refractivity (Wildman–Crippen MR) is 133 cm³/mol. The molecular formula is C28H36F3NO8. The summed E-state index contributed by atoms with van der Waals surface area (Å²) in [5.41, 5.74) is 1.56. The lowest BCUT2D eigenvalue weighted by Crippen LogP contribution is -2.61. The molecule has 0 aliphatic heterocycles. The SMILES string of the molecule is CC(C)[C@@H]1CC[C@@H](C)C[C@H]1OC(=O)O[C@H](C)OC(=O)[C@]1(N)C(OCc2ccc(F)c(F)c2)C[C@@H]2[C@H]1[C@@]2(F)C(=O)O. The number of nitrogens with two attached hydrogens (primary N) is 1. The number of alkyl halides is 1. The van der Waals surface area contributed by atoms with Crippen molar-refractivity contribution < 1.29 is 51.6 Å². The molecule has 3 N–H and O–H groups in total. The zero-order valence-corrected chi connectivity index (χ0v) is 22.9. The standard InChI is InChI=1S/C28H36F3NO8/c1-13(2)17-7-5-14(3)9-21(17)40-26(36)39-15(4)38-25(35)28(32)22(11-18-23(28)27(18,31)24(33)34)37-12-16-6-8-19(29)20(30)10-16/h6,8,10,13-15,17-18,21-23H,5,7,9,11-12,32H2,1-4H3,(H,33,34)/t14-,15-,17+,18-,21-,22?,23+,27-,28+/m1/s1. The molecule has 0 radical (unpaired) electrons. The fourth-order valence-corrected chi connectivity index (χ4v) is 6.44. The van der Waals surface area contributed by atoms with Gasteiger partial charge in [0, 0.05) is 18.8 Å². The van der Waals surface area contributed by atoms with Gasteiger partial charge in [0.25, 0.3) is 0 Å². The number of rotatable bonds is 9. The number of ether oxygens (including phenoxy) is 4. The zero-order chi connectivity index (χ0) is 29.6. The van der Waals surface area contributed by atoms with E-state index in [4.69, 9.17) is 24.7 Å². The maximum Gasteiger partial charge on any atom is 0.511 e. The number of halogens is 3. The molecule has 12 heteroatoms. The van der Waals surface area contributed by atoms with Crippen LogP contribution in [0.4, 0.5) is 18.0 Å². The number of hydrogen-bond donors (Lipinski definition) is 2. The second-order valence-electron chi connectivity index (χ2n) is 11.7. The van der Waals surface area contributed by atoms with E-state index < -0.39 is 65.2 Å². The highest BCUT2D eigenvalue weighted by atomic mass is 19.2. The number of benzene rings is 1. The van der Waals surface area contributed by atoms with Gasteiger partial charge in [0.2, 0.25) is 12.0 Å². The van der Waals surface area contributed by atoms with E-state index in [1.165, 1.54) is 13.0 Å². The Kier molecular flexibility index (Phi) is 8.43. The van der Waals surface area contributed by atoms with Crippen molar-refractivity contribution in [1.82, 2.24) is 0 Å². The van der Waals surface area contributed by atoms with Crippen LogP contribution < -0.4 is 5.73 Å². The molecule has 0 spiro atoms. The number of fused-ring (bicyclic) bond motifs is 1. The molecule has 3 fully saturated rings. The number of carboxylic acid groups (broad SMARTS) is 1. The van der Waals surface area contributed by atoms with Crippen LogP contribution in [-0.2, 0) is 35.1 Å². The van der Waals surface area contributed by atoms with Crippen LogP contribution in [0.15, 0.2) is 18.2 Å². The van der Waals surface area contributed by atoms with Crippen LogP contribution >= 0.6 is 0 Å². The van der Waals surface area contributed by atoms with Crippen molar-refractivity contribution in [2.75, 3.05) is 0 Å². The Morgan fingerprint density at radius 2 is 1.80 bits per heavy atom. The first-order chi connectivity index (χ1) is 18.7. The molecule has 9 atom stereocenters. The lowest BCUT2D eigenvalue weighted by Gasteiger charge is -2.36. The van der Waals surface area contributed by atoms with Crippen LogP contribution in [0.3, 0.4) is 0 Å². The Bertz CT molecular complexity index is 1150. The molecule has 0 aromatic heterocycles. The summed E-state index contributed by atoms with van der Waals surface area (Å²) in [7, 11) is 0. The summed E-state index contributed by atoms with van der Waals surface area (Å²) in [6.45, 7) is 7.11. The fraction of sp³-hybridized carbons (Fsp3) is 0.679. The summed E-state index contributed by atoms with van der Waals surface area (Å²) >= 11 is 0.